The Morgan fingerprint density at radius 2 is 2.17 bits per heavy atom. The molecule has 0 fully saturated rings. The molecule has 1 aromatic rings. The van der Waals surface area contributed by atoms with Crippen molar-refractivity contribution >= 4 is 15.8 Å². The number of sulfone groups is 1. The Morgan fingerprint density at radius 3 is 2.67 bits per heavy atom. The van der Waals surface area contributed by atoms with Crippen molar-refractivity contribution in [2.24, 2.45) is 5.73 Å². The van der Waals surface area contributed by atoms with Crippen molar-refractivity contribution in [1.82, 2.24) is 15.0 Å². The topological polar surface area (TPSA) is 117 Å². The van der Waals surface area contributed by atoms with E-state index in [1.54, 1.807) is 0 Å². The number of nitrogens with zero attached hydrogens (tertiary/aromatic N) is 3. The first-order chi connectivity index (χ1) is 8.39. The van der Waals surface area contributed by atoms with Crippen LogP contribution in [-0.2, 0) is 27.5 Å². The second-order valence-electron chi connectivity index (χ2n) is 3.77. The molecule has 0 atom stereocenters. The Morgan fingerprint density at radius 1 is 1.50 bits per heavy atom. The molecule has 0 aromatic carbocycles. The molecule has 0 saturated carbocycles. The molecule has 1 aromatic heterocycles. The summed E-state index contributed by atoms with van der Waals surface area (Å²) in [6, 6.07) is 0. The zero-order chi connectivity index (χ0) is 13.8. The summed E-state index contributed by atoms with van der Waals surface area (Å²) in [5, 5.41) is 7.45. The second kappa shape index (κ2) is 5.91. The van der Waals surface area contributed by atoms with E-state index < -0.39 is 15.8 Å². The molecule has 8 nitrogen and oxygen atoms in total. The third-order valence-electron chi connectivity index (χ3n) is 2.27. The monoisotopic (exact) mass is 276 g/mol. The molecule has 0 bridgehead atoms. The Kier molecular flexibility index (Phi) is 4.79. The van der Waals surface area contributed by atoms with E-state index in [-0.39, 0.29) is 18.0 Å². The second-order valence-corrected chi connectivity index (χ2v) is 6.03. The van der Waals surface area contributed by atoms with Gasteiger partial charge in [0, 0.05) is 12.7 Å². The lowest BCUT2D eigenvalue weighted by molar-refractivity contribution is 0.0592. The summed E-state index contributed by atoms with van der Waals surface area (Å²) < 4.78 is 28.1. The van der Waals surface area contributed by atoms with E-state index in [0.717, 1.165) is 6.26 Å². The largest absolute Gasteiger partial charge is 0.464 e. The fourth-order valence-corrected chi connectivity index (χ4v) is 1.91. The van der Waals surface area contributed by atoms with Gasteiger partial charge >= 0.3 is 5.97 Å². The third kappa shape index (κ3) is 3.77. The number of nitrogens with two attached hydrogens (primary N) is 1. The molecule has 18 heavy (non-hydrogen) atoms. The summed E-state index contributed by atoms with van der Waals surface area (Å²) in [6.07, 6.45) is 1.51. The molecule has 0 radical (unpaired) electrons. The maximum atomic E-state index is 11.4. The highest BCUT2D eigenvalue weighted by Crippen LogP contribution is 2.08. The number of rotatable bonds is 6. The Hall–Kier alpha value is -1.48. The molecule has 0 aliphatic rings. The number of aryl methyl sites for hydroxylation is 1. The lowest BCUT2D eigenvalue weighted by atomic mass is 10.2. The first-order valence-electron chi connectivity index (χ1n) is 5.27. The summed E-state index contributed by atoms with van der Waals surface area (Å²) in [6.45, 7) is 0.439. The number of carbonyl (C=O) groups excluding carboxylic acids is 1. The van der Waals surface area contributed by atoms with Crippen LogP contribution in [0.5, 0.6) is 0 Å². The molecule has 1 rings (SSSR count). The van der Waals surface area contributed by atoms with Gasteiger partial charge in [0.15, 0.2) is 5.69 Å². The zero-order valence-corrected chi connectivity index (χ0v) is 11.1. The number of hydrogen-bond acceptors (Lipinski definition) is 7. The average molecular weight is 276 g/mol. The molecular formula is C9H16N4O4S. The SMILES string of the molecule is COC(=O)c1nnn(CCS(C)(=O)=O)c1CCN. The molecule has 2 N–H and O–H groups in total. The van der Waals surface area contributed by atoms with Crippen molar-refractivity contribution < 1.29 is 17.9 Å². The van der Waals surface area contributed by atoms with Crippen molar-refractivity contribution in [1.29, 1.82) is 0 Å². The maximum Gasteiger partial charge on any atom is 0.360 e. The highest BCUT2D eigenvalue weighted by Gasteiger charge is 2.20. The lowest BCUT2D eigenvalue weighted by Gasteiger charge is -2.05. The van der Waals surface area contributed by atoms with Crippen molar-refractivity contribution in [3.05, 3.63) is 11.4 Å². The van der Waals surface area contributed by atoms with Crippen molar-refractivity contribution in [3.63, 3.8) is 0 Å². The lowest BCUT2D eigenvalue weighted by Crippen LogP contribution is -2.18. The number of ether oxygens (including phenoxy) is 1. The molecule has 1 heterocycles. The van der Waals surface area contributed by atoms with E-state index in [4.69, 9.17) is 5.73 Å². The summed E-state index contributed by atoms with van der Waals surface area (Å²) in [5.41, 5.74) is 6.02. The van der Waals surface area contributed by atoms with Gasteiger partial charge in [-0.3, -0.25) is 0 Å². The maximum absolute atomic E-state index is 11.4. The molecule has 102 valence electrons. The predicted molar refractivity (Wildman–Crippen MR) is 63.8 cm³/mol. The third-order valence-corrected chi connectivity index (χ3v) is 3.20. The van der Waals surface area contributed by atoms with Gasteiger partial charge in [0.25, 0.3) is 0 Å². The van der Waals surface area contributed by atoms with E-state index in [2.05, 4.69) is 15.0 Å². The first-order valence-corrected chi connectivity index (χ1v) is 7.33. The summed E-state index contributed by atoms with van der Waals surface area (Å²) >= 11 is 0. The van der Waals surface area contributed by atoms with Gasteiger partial charge in [-0.05, 0) is 6.54 Å². The minimum absolute atomic E-state index is 0.0749. The molecule has 0 unspecified atom stereocenters. The average Bonchev–Trinajstić information content (AvgIpc) is 2.68. The highest BCUT2D eigenvalue weighted by molar-refractivity contribution is 7.90. The van der Waals surface area contributed by atoms with E-state index in [1.807, 2.05) is 0 Å². The van der Waals surface area contributed by atoms with Gasteiger partial charge in [0.2, 0.25) is 0 Å². The molecule has 0 aliphatic carbocycles. The van der Waals surface area contributed by atoms with Crippen LogP contribution < -0.4 is 5.73 Å². The van der Waals surface area contributed by atoms with Gasteiger partial charge in [0.05, 0.1) is 25.1 Å². The minimum atomic E-state index is -3.11. The van der Waals surface area contributed by atoms with Gasteiger partial charge < -0.3 is 10.5 Å². The normalized spacial score (nSPS) is 11.5. The number of esters is 1. The smallest absolute Gasteiger partial charge is 0.360 e. The van der Waals surface area contributed by atoms with Gasteiger partial charge in [-0.25, -0.2) is 17.9 Å². The van der Waals surface area contributed by atoms with Crippen LogP contribution in [0.25, 0.3) is 0 Å². The molecular weight excluding hydrogens is 260 g/mol. The summed E-state index contributed by atoms with van der Waals surface area (Å²) in [4.78, 5) is 11.4. The van der Waals surface area contributed by atoms with Crippen LogP contribution in [0.15, 0.2) is 0 Å². The standard InChI is InChI=1S/C9H16N4O4S/c1-17-9(14)8-7(3-4-10)13(12-11-8)5-6-18(2,15)16/h3-6,10H2,1-2H3. The molecule has 0 saturated heterocycles. The van der Waals surface area contributed by atoms with Crippen molar-refractivity contribution in [2.45, 2.75) is 13.0 Å². The molecule has 9 heteroatoms. The molecule has 0 aliphatic heterocycles. The van der Waals surface area contributed by atoms with Crippen LogP contribution in [0, 0.1) is 0 Å². The Balaban J connectivity index is 2.98. The quantitative estimate of drug-likeness (QED) is 0.635. The number of carbonyl (C=O) groups is 1. The fourth-order valence-electron chi connectivity index (χ4n) is 1.40. The number of aromatic nitrogens is 3. The van der Waals surface area contributed by atoms with Gasteiger partial charge in [-0.1, -0.05) is 5.21 Å². The van der Waals surface area contributed by atoms with E-state index in [9.17, 15) is 13.2 Å². The van der Waals surface area contributed by atoms with Crippen LogP contribution in [0.4, 0.5) is 0 Å². The van der Waals surface area contributed by atoms with Gasteiger partial charge in [-0.15, -0.1) is 5.10 Å². The highest BCUT2D eigenvalue weighted by atomic mass is 32.2. The van der Waals surface area contributed by atoms with E-state index in [1.165, 1.54) is 11.8 Å². The number of methoxy groups -OCH3 is 1. The Labute approximate surface area is 105 Å². The van der Waals surface area contributed by atoms with Crippen LogP contribution in [0.1, 0.15) is 16.2 Å². The minimum Gasteiger partial charge on any atom is -0.464 e. The van der Waals surface area contributed by atoms with Crippen LogP contribution in [-0.4, -0.2) is 55.0 Å². The van der Waals surface area contributed by atoms with Crippen molar-refractivity contribution in [2.75, 3.05) is 25.7 Å². The van der Waals surface area contributed by atoms with Gasteiger partial charge in [0.1, 0.15) is 9.84 Å². The van der Waals surface area contributed by atoms with E-state index in [0.29, 0.717) is 18.7 Å². The zero-order valence-electron chi connectivity index (χ0n) is 10.3. The Bertz CT molecular complexity index is 523. The fraction of sp³-hybridized carbons (Fsp3) is 0.667. The summed E-state index contributed by atoms with van der Waals surface area (Å²) in [7, 11) is -1.87. The van der Waals surface area contributed by atoms with Crippen LogP contribution in [0.2, 0.25) is 0 Å². The van der Waals surface area contributed by atoms with Gasteiger partial charge in [-0.2, -0.15) is 0 Å². The van der Waals surface area contributed by atoms with Crippen molar-refractivity contribution in [3.8, 4) is 0 Å². The van der Waals surface area contributed by atoms with E-state index >= 15 is 0 Å². The molecule has 0 spiro atoms. The molecule has 0 amide bonds. The first kappa shape index (κ1) is 14.6. The number of hydrogen-bond donors (Lipinski definition) is 1. The van der Waals surface area contributed by atoms with Crippen LogP contribution in [0.3, 0.4) is 0 Å². The summed E-state index contributed by atoms with van der Waals surface area (Å²) in [5.74, 6) is -0.682. The predicted octanol–water partition coefficient (Wildman–Crippen LogP) is -1.39. The van der Waals surface area contributed by atoms with Crippen LogP contribution >= 0.6 is 0 Å².